The van der Waals surface area contributed by atoms with E-state index in [9.17, 15) is 0 Å². The van der Waals surface area contributed by atoms with Crippen LogP contribution >= 0.6 is 11.8 Å². The number of aliphatic hydroxyl groups excluding tert-OH is 1. The molecule has 0 bridgehead atoms. The Morgan fingerprint density at radius 1 is 1.64 bits per heavy atom. The SMILES string of the molecule is CCC(N)C(SCCO)c1ccco1. The summed E-state index contributed by atoms with van der Waals surface area (Å²) in [4.78, 5) is 0. The van der Waals surface area contributed by atoms with Gasteiger partial charge in [-0.3, -0.25) is 0 Å². The Bertz CT molecular complexity index is 238. The van der Waals surface area contributed by atoms with Crippen LogP contribution in [-0.4, -0.2) is 23.5 Å². The molecule has 3 nitrogen and oxygen atoms in total. The largest absolute Gasteiger partial charge is 0.468 e. The molecule has 0 amide bonds. The molecule has 0 aliphatic rings. The number of nitrogens with two attached hydrogens (primary N) is 1. The number of thioether (sulfide) groups is 1. The molecular weight excluding hydrogens is 198 g/mol. The van der Waals surface area contributed by atoms with E-state index in [-0.39, 0.29) is 17.9 Å². The summed E-state index contributed by atoms with van der Waals surface area (Å²) in [7, 11) is 0. The van der Waals surface area contributed by atoms with Crippen molar-refractivity contribution in [2.45, 2.75) is 24.6 Å². The molecule has 4 heteroatoms. The van der Waals surface area contributed by atoms with Crippen molar-refractivity contribution in [1.29, 1.82) is 0 Å². The van der Waals surface area contributed by atoms with Gasteiger partial charge < -0.3 is 15.3 Å². The van der Waals surface area contributed by atoms with Crippen LogP contribution in [0, 0.1) is 0 Å². The molecule has 0 aliphatic carbocycles. The van der Waals surface area contributed by atoms with Gasteiger partial charge in [0.15, 0.2) is 0 Å². The first-order valence-corrected chi connectivity index (χ1v) is 5.86. The Labute approximate surface area is 88.7 Å². The Morgan fingerprint density at radius 3 is 2.93 bits per heavy atom. The van der Waals surface area contributed by atoms with Crippen LogP contribution in [-0.2, 0) is 0 Å². The first-order chi connectivity index (χ1) is 6.79. The highest BCUT2D eigenvalue weighted by atomic mass is 32.2. The summed E-state index contributed by atoms with van der Waals surface area (Å²) in [5, 5.41) is 8.93. The number of hydrogen-bond donors (Lipinski definition) is 2. The molecule has 1 aromatic heterocycles. The summed E-state index contributed by atoms with van der Waals surface area (Å²) >= 11 is 1.64. The molecule has 14 heavy (non-hydrogen) atoms. The van der Waals surface area contributed by atoms with Crippen molar-refractivity contribution in [2.24, 2.45) is 5.73 Å². The van der Waals surface area contributed by atoms with Gasteiger partial charge in [0, 0.05) is 11.8 Å². The number of aliphatic hydroxyl groups is 1. The van der Waals surface area contributed by atoms with Crippen LogP contribution < -0.4 is 5.73 Å². The van der Waals surface area contributed by atoms with Gasteiger partial charge in [-0.2, -0.15) is 0 Å². The second kappa shape index (κ2) is 6.11. The Balaban J connectivity index is 2.62. The maximum Gasteiger partial charge on any atom is 0.118 e. The van der Waals surface area contributed by atoms with Gasteiger partial charge in [0.25, 0.3) is 0 Å². The Kier molecular flexibility index (Phi) is 5.07. The van der Waals surface area contributed by atoms with Crippen molar-refractivity contribution in [2.75, 3.05) is 12.4 Å². The normalized spacial score (nSPS) is 15.4. The van der Waals surface area contributed by atoms with Crippen LogP contribution in [0.25, 0.3) is 0 Å². The smallest absolute Gasteiger partial charge is 0.118 e. The van der Waals surface area contributed by atoms with E-state index in [1.54, 1.807) is 18.0 Å². The van der Waals surface area contributed by atoms with E-state index in [2.05, 4.69) is 6.92 Å². The summed E-state index contributed by atoms with van der Waals surface area (Å²) in [6.45, 7) is 2.23. The number of rotatable bonds is 6. The zero-order valence-electron chi connectivity index (χ0n) is 8.35. The van der Waals surface area contributed by atoms with Crippen LogP contribution in [0.1, 0.15) is 24.4 Å². The quantitative estimate of drug-likeness (QED) is 0.759. The molecule has 2 atom stereocenters. The first-order valence-electron chi connectivity index (χ1n) is 4.81. The second-order valence-electron chi connectivity index (χ2n) is 3.10. The molecule has 80 valence electrons. The summed E-state index contributed by atoms with van der Waals surface area (Å²) < 4.78 is 5.33. The van der Waals surface area contributed by atoms with Crippen molar-refractivity contribution in [3.05, 3.63) is 24.2 Å². The molecule has 0 aromatic carbocycles. The topological polar surface area (TPSA) is 59.4 Å². The third-order valence-electron chi connectivity index (χ3n) is 2.07. The number of hydrogen-bond acceptors (Lipinski definition) is 4. The highest BCUT2D eigenvalue weighted by Gasteiger charge is 2.20. The van der Waals surface area contributed by atoms with E-state index in [1.165, 1.54) is 0 Å². The molecule has 1 rings (SSSR count). The van der Waals surface area contributed by atoms with E-state index in [1.807, 2.05) is 12.1 Å². The Hall–Kier alpha value is -0.450. The van der Waals surface area contributed by atoms with E-state index in [0.29, 0.717) is 5.75 Å². The van der Waals surface area contributed by atoms with Crippen molar-refractivity contribution < 1.29 is 9.52 Å². The fourth-order valence-electron chi connectivity index (χ4n) is 1.26. The molecule has 0 saturated carbocycles. The van der Waals surface area contributed by atoms with Crippen LogP contribution in [0.2, 0.25) is 0 Å². The average molecular weight is 215 g/mol. The van der Waals surface area contributed by atoms with E-state index in [4.69, 9.17) is 15.3 Å². The summed E-state index contributed by atoms with van der Waals surface area (Å²) in [5.41, 5.74) is 5.99. The maximum atomic E-state index is 8.77. The third kappa shape index (κ3) is 3.04. The van der Waals surface area contributed by atoms with E-state index >= 15 is 0 Å². The predicted molar refractivity (Wildman–Crippen MR) is 59.3 cm³/mol. The standard InChI is InChI=1S/C10H17NO2S/c1-2-8(11)10(14-7-5-12)9-4-3-6-13-9/h3-4,6,8,10,12H,2,5,7,11H2,1H3. The zero-order chi connectivity index (χ0) is 10.4. The third-order valence-corrected chi connectivity index (χ3v) is 3.43. The summed E-state index contributed by atoms with van der Waals surface area (Å²) in [6, 6.07) is 3.88. The van der Waals surface area contributed by atoms with Crippen molar-refractivity contribution >= 4 is 11.8 Å². The fourth-order valence-corrected chi connectivity index (χ4v) is 2.36. The minimum Gasteiger partial charge on any atom is -0.468 e. The molecule has 0 aliphatic heterocycles. The molecule has 0 saturated heterocycles. The predicted octanol–water partition coefficient (Wildman–Crippen LogP) is 1.78. The van der Waals surface area contributed by atoms with Gasteiger partial charge in [0.1, 0.15) is 5.76 Å². The van der Waals surface area contributed by atoms with Gasteiger partial charge >= 0.3 is 0 Å². The maximum absolute atomic E-state index is 8.77. The van der Waals surface area contributed by atoms with Gasteiger partial charge in [0.2, 0.25) is 0 Å². The lowest BCUT2D eigenvalue weighted by Gasteiger charge is -2.19. The molecule has 3 N–H and O–H groups in total. The van der Waals surface area contributed by atoms with Gasteiger partial charge in [0.05, 0.1) is 18.1 Å². The zero-order valence-corrected chi connectivity index (χ0v) is 9.17. The van der Waals surface area contributed by atoms with Crippen molar-refractivity contribution in [3.8, 4) is 0 Å². The number of furan rings is 1. The van der Waals surface area contributed by atoms with Crippen molar-refractivity contribution in [3.63, 3.8) is 0 Å². The molecule has 0 radical (unpaired) electrons. The van der Waals surface area contributed by atoms with Crippen LogP contribution in [0.15, 0.2) is 22.8 Å². The lowest BCUT2D eigenvalue weighted by molar-refractivity contribution is 0.322. The van der Waals surface area contributed by atoms with E-state index in [0.717, 1.165) is 12.2 Å². The summed E-state index contributed by atoms with van der Waals surface area (Å²) in [6.07, 6.45) is 2.56. The minimum absolute atomic E-state index is 0.0812. The average Bonchev–Trinajstić information content (AvgIpc) is 2.71. The molecule has 2 unspecified atom stereocenters. The second-order valence-corrected chi connectivity index (χ2v) is 4.35. The van der Waals surface area contributed by atoms with Crippen LogP contribution in [0.5, 0.6) is 0 Å². The Morgan fingerprint density at radius 2 is 2.43 bits per heavy atom. The molecular formula is C10H17NO2S. The van der Waals surface area contributed by atoms with Gasteiger partial charge in [-0.05, 0) is 18.6 Å². The fraction of sp³-hybridized carbons (Fsp3) is 0.600. The monoisotopic (exact) mass is 215 g/mol. The molecule has 1 heterocycles. The highest BCUT2D eigenvalue weighted by molar-refractivity contribution is 7.99. The van der Waals surface area contributed by atoms with Gasteiger partial charge in [-0.15, -0.1) is 11.8 Å². The van der Waals surface area contributed by atoms with Gasteiger partial charge in [-0.1, -0.05) is 6.92 Å². The van der Waals surface area contributed by atoms with E-state index < -0.39 is 0 Å². The van der Waals surface area contributed by atoms with Crippen LogP contribution in [0.3, 0.4) is 0 Å². The lowest BCUT2D eigenvalue weighted by atomic mass is 10.1. The van der Waals surface area contributed by atoms with Gasteiger partial charge in [-0.25, -0.2) is 0 Å². The molecule has 0 fully saturated rings. The molecule has 1 aromatic rings. The molecule has 0 spiro atoms. The van der Waals surface area contributed by atoms with Crippen molar-refractivity contribution in [1.82, 2.24) is 0 Å². The van der Waals surface area contributed by atoms with Crippen LogP contribution in [0.4, 0.5) is 0 Å². The lowest BCUT2D eigenvalue weighted by Crippen LogP contribution is -2.25. The first kappa shape index (κ1) is 11.6. The minimum atomic E-state index is 0.0812. The highest BCUT2D eigenvalue weighted by Crippen LogP contribution is 2.32. The summed E-state index contributed by atoms with van der Waals surface area (Å²) in [5.74, 6) is 1.59.